The lowest BCUT2D eigenvalue weighted by atomic mass is 9.88. The number of aliphatic hydroxyl groups is 1. The Kier molecular flexibility index (Phi) is 6.75. The van der Waals surface area contributed by atoms with Gasteiger partial charge in [-0.15, -0.1) is 0 Å². The Morgan fingerprint density at radius 2 is 2.00 bits per heavy atom. The minimum Gasteiger partial charge on any atom is -0.413 e. The van der Waals surface area contributed by atoms with Crippen molar-refractivity contribution >= 4 is 8.32 Å². The van der Waals surface area contributed by atoms with Crippen molar-refractivity contribution in [2.75, 3.05) is 13.2 Å². The Morgan fingerprint density at radius 3 is 2.48 bits per heavy atom. The van der Waals surface area contributed by atoms with Crippen LogP contribution in [0.3, 0.4) is 0 Å². The van der Waals surface area contributed by atoms with Crippen LogP contribution in [0.2, 0.25) is 18.1 Å². The largest absolute Gasteiger partial charge is 0.413 e. The normalized spacial score (nSPS) is 33.0. The molecule has 1 saturated heterocycles. The van der Waals surface area contributed by atoms with Crippen LogP contribution in [-0.4, -0.2) is 38.8 Å². The first kappa shape index (κ1) is 20.9. The molecule has 25 heavy (non-hydrogen) atoms. The molecule has 0 spiro atoms. The molecule has 0 bridgehead atoms. The van der Waals surface area contributed by atoms with Gasteiger partial charge in [-0.25, -0.2) is 0 Å². The predicted octanol–water partition coefficient (Wildman–Crippen LogP) is 5.08. The third-order valence-corrected chi connectivity index (χ3v) is 11.1. The summed E-state index contributed by atoms with van der Waals surface area (Å²) in [6.07, 6.45) is 6.81. The molecule has 4 heteroatoms. The van der Waals surface area contributed by atoms with Gasteiger partial charge < -0.3 is 14.3 Å². The van der Waals surface area contributed by atoms with Crippen LogP contribution in [0, 0.1) is 11.8 Å². The van der Waals surface area contributed by atoms with E-state index in [0.29, 0.717) is 18.4 Å². The van der Waals surface area contributed by atoms with E-state index in [2.05, 4.69) is 47.4 Å². The fourth-order valence-electron chi connectivity index (χ4n) is 3.93. The lowest BCUT2D eigenvalue weighted by Gasteiger charge is -2.43. The van der Waals surface area contributed by atoms with Crippen LogP contribution >= 0.6 is 0 Å². The van der Waals surface area contributed by atoms with E-state index in [1.165, 1.54) is 24.0 Å². The molecule has 0 unspecified atom stereocenters. The van der Waals surface area contributed by atoms with E-state index >= 15 is 0 Å². The van der Waals surface area contributed by atoms with Gasteiger partial charge in [-0.05, 0) is 56.3 Å². The van der Waals surface area contributed by atoms with Crippen molar-refractivity contribution in [1.29, 1.82) is 0 Å². The van der Waals surface area contributed by atoms with Gasteiger partial charge in [0.1, 0.15) is 0 Å². The van der Waals surface area contributed by atoms with Crippen molar-refractivity contribution in [3.63, 3.8) is 0 Å². The van der Waals surface area contributed by atoms with Gasteiger partial charge in [-0.1, -0.05) is 39.0 Å². The van der Waals surface area contributed by atoms with Crippen LogP contribution in [0.15, 0.2) is 23.8 Å². The van der Waals surface area contributed by atoms with Crippen molar-refractivity contribution in [2.45, 2.75) is 83.7 Å². The van der Waals surface area contributed by atoms with Gasteiger partial charge in [0.05, 0.1) is 25.4 Å². The van der Waals surface area contributed by atoms with Crippen molar-refractivity contribution in [1.82, 2.24) is 0 Å². The van der Waals surface area contributed by atoms with Gasteiger partial charge in [0.25, 0.3) is 0 Å². The minimum absolute atomic E-state index is 0.113. The summed E-state index contributed by atoms with van der Waals surface area (Å²) in [6.45, 7) is 18.8. The highest BCUT2D eigenvalue weighted by atomic mass is 28.4. The van der Waals surface area contributed by atoms with Crippen LogP contribution in [0.4, 0.5) is 0 Å². The zero-order valence-electron chi connectivity index (χ0n) is 17.1. The molecule has 0 aromatic carbocycles. The van der Waals surface area contributed by atoms with E-state index in [9.17, 15) is 0 Å². The highest BCUT2D eigenvalue weighted by molar-refractivity contribution is 6.74. The van der Waals surface area contributed by atoms with Gasteiger partial charge in [0.2, 0.25) is 0 Å². The van der Waals surface area contributed by atoms with Crippen LogP contribution < -0.4 is 0 Å². The van der Waals surface area contributed by atoms with Crippen molar-refractivity contribution in [2.24, 2.45) is 11.8 Å². The summed E-state index contributed by atoms with van der Waals surface area (Å²) in [5.41, 5.74) is 2.48. The predicted molar refractivity (Wildman–Crippen MR) is 107 cm³/mol. The second-order valence-electron chi connectivity index (χ2n) is 9.47. The highest BCUT2D eigenvalue weighted by Crippen LogP contribution is 2.46. The maximum atomic E-state index is 9.08. The maximum Gasteiger partial charge on any atom is 0.192 e. The summed E-state index contributed by atoms with van der Waals surface area (Å²) in [5.74, 6) is 0.920. The second-order valence-corrected chi connectivity index (χ2v) is 14.2. The van der Waals surface area contributed by atoms with Crippen LogP contribution in [0.1, 0.15) is 53.4 Å². The molecular weight excluding hydrogens is 328 g/mol. The molecule has 0 aromatic heterocycles. The maximum absolute atomic E-state index is 9.08. The van der Waals surface area contributed by atoms with E-state index in [4.69, 9.17) is 14.3 Å². The molecule has 1 aliphatic carbocycles. The monoisotopic (exact) mass is 366 g/mol. The fraction of sp³-hybridized carbons (Fsp3) is 0.810. The third-order valence-electron chi connectivity index (χ3n) is 6.59. The van der Waals surface area contributed by atoms with Crippen LogP contribution in [0.25, 0.3) is 0 Å². The molecule has 1 N–H and O–H groups in total. The molecule has 1 saturated carbocycles. The molecule has 2 rings (SSSR count). The molecule has 2 aliphatic rings. The number of hydrogen-bond donors (Lipinski definition) is 1. The molecule has 1 aliphatic heterocycles. The number of ether oxygens (including phenoxy) is 1. The molecule has 4 atom stereocenters. The summed E-state index contributed by atoms with van der Waals surface area (Å²) in [5, 5.41) is 9.29. The zero-order chi connectivity index (χ0) is 18.8. The number of hydrogen-bond acceptors (Lipinski definition) is 3. The van der Waals surface area contributed by atoms with E-state index in [1.54, 1.807) is 0 Å². The number of aliphatic hydroxyl groups excluding tert-OH is 1. The highest BCUT2D eigenvalue weighted by Gasteiger charge is 2.48. The fourth-order valence-corrected chi connectivity index (χ4v) is 5.31. The molecule has 2 fully saturated rings. The lowest BCUT2D eigenvalue weighted by molar-refractivity contribution is -0.0355. The van der Waals surface area contributed by atoms with E-state index in [0.717, 1.165) is 12.8 Å². The first-order chi connectivity index (χ1) is 11.6. The molecule has 1 heterocycles. The average molecular weight is 367 g/mol. The van der Waals surface area contributed by atoms with Gasteiger partial charge in [-0.3, -0.25) is 0 Å². The first-order valence-electron chi connectivity index (χ1n) is 9.80. The summed E-state index contributed by atoms with van der Waals surface area (Å²) in [6, 6.07) is 0. The Labute approximate surface area is 155 Å². The summed E-state index contributed by atoms with van der Waals surface area (Å²) in [7, 11) is -1.83. The quantitative estimate of drug-likeness (QED) is 0.545. The van der Waals surface area contributed by atoms with Crippen molar-refractivity contribution < 1.29 is 14.3 Å². The van der Waals surface area contributed by atoms with Gasteiger partial charge in [0, 0.05) is 11.8 Å². The minimum atomic E-state index is -1.83. The summed E-state index contributed by atoms with van der Waals surface area (Å²) >= 11 is 0. The van der Waals surface area contributed by atoms with Gasteiger partial charge in [0.15, 0.2) is 8.32 Å². The van der Waals surface area contributed by atoms with Gasteiger partial charge in [-0.2, -0.15) is 0 Å². The Bertz CT molecular complexity index is 494. The number of rotatable bonds is 5. The molecule has 144 valence electrons. The van der Waals surface area contributed by atoms with E-state index in [1.807, 2.05) is 6.08 Å². The lowest BCUT2D eigenvalue weighted by Crippen LogP contribution is -2.48. The molecule has 3 nitrogen and oxygen atoms in total. The van der Waals surface area contributed by atoms with Crippen LogP contribution in [-0.2, 0) is 9.16 Å². The Balaban J connectivity index is 2.14. The topological polar surface area (TPSA) is 38.7 Å². The second kappa shape index (κ2) is 8.08. The molecule has 0 radical (unpaired) electrons. The molecular formula is C21H38O3Si. The average Bonchev–Trinajstić information content (AvgIpc) is 2.90. The van der Waals surface area contributed by atoms with Crippen LogP contribution in [0.5, 0.6) is 0 Å². The Hall–Kier alpha value is -0.423. The smallest absolute Gasteiger partial charge is 0.192 e. The molecule has 0 aromatic rings. The summed E-state index contributed by atoms with van der Waals surface area (Å²) in [4.78, 5) is 0. The van der Waals surface area contributed by atoms with E-state index in [-0.39, 0.29) is 23.9 Å². The van der Waals surface area contributed by atoms with Gasteiger partial charge >= 0.3 is 0 Å². The summed E-state index contributed by atoms with van der Waals surface area (Å²) < 4.78 is 13.1. The molecule has 0 amide bonds. The first-order valence-corrected chi connectivity index (χ1v) is 12.7. The third kappa shape index (κ3) is 4.85. The van der Waals surface area contributed by atoms with Crippen molar-refractivity contribution in [3.8, 4) is 0 Å². The standard InChI is InChI=1S/C21H38O3Si/c1-15(2)17-9-10-18(19-11-8-16(12-13-22)14-23-19)20(17)24-25(6,7)21(3,4)5/h12,17-20,22H,1,8-11,13-14H2,2-7H3/b16-12-/t17-,18-,19-,20+/m1/s1. The van der Waals surface area contributed by atoms with Crippen molar-refractivity contribution in [3.05, 3.63) is 23.8 Å². The zero-order valence-corrected chi connectivity index (χ0v) is 18.1. The van der Waals surface area contributed by atoms with E-state index < -0.39 is 8.32 Å². The Morgan fingerprint density at radius 1 is 1.32 bits per heavy atom. The SMILES string of the molecule is C=C(C)[C@H]1CC[C@H]([C@H]2CC/C(=C/CO)CO2)[C@H]1O[Si](C)(C)C(C)(C)C.